The fourth-order valence-corrected chi connectivity index (χ4v) is 1.48. The van der Waals surface area contributed by atoms with Gasteiger partial charge in [-0.05, 0) is 38.2 Å². The average Bonchev–Trinajstić information content (AvgIpc) is 2.89. The Kier molecular flexibility index (Phi) is 2.20. The third kappa shape index (κ3) is 1.34. The van der Waals surface area contributed by atoms with Crippen LogP contribution in [0.4, 0.5) is 0 Å². The van der Waals surface area contributed by atoms with E-state index in [0.717, 1.165) is 18.4 Å². The summed E-state index contributed by atoms with van der Waals surface area (Å²) in [4.78, 5) is 0. The molecule has 0 aromatic rings. The Balaban J connectivity index is 2.93. The zero-order valence-corrected chi connectivity index (χ0v) is 7.46. The Morgan fingerprint density at radius 2 is 1.92 bits per heavy atom. The van der Waals surface area contributed by atoms with Gasteiger partial charge < -0.3 is 0 Å². The van der Waals surface area contributed by atoms with Gasteiger partial charge in [0, 0.05) is 0 Å². The van der Waals surface area contributed by atoms with E-state index < -0.39 is 5.41 Å². The van der Waals surface area contributed by atoms with Gasteiger partial charge in [0.1, 0.15) is 0 Å². The van der Waals surface area contributed by atoms with Gasteiger partial charge in [-0.3, -0.25) is 0 Å². The predicted octanol–water partition coefficient (Wildman–Crippen LogP) is 2.40. The second-order valence-electron chi connectivity index (χ2n) is 3.37. The number of rotatable bonds is 2. The van der Waals surface area contributed by atoms with Crippen molar-refractivity contribution in [3.05, 3.63) is 11.6 Å². The molecule has 0 heterocycles. The second-order valence-corrected chi connectivity index (χ2v) is 3.37. The molecule has 1 rings (SSSR count). The van der Waals surface area contributed by atoms with Gasteiger partial charge in [-0.25, -0.2) is 0 Å². The van der Waals surface area contributed by atoms with E-state index in [1.807, 2.05) is 13.0 Å². The molecule has 1 fully saturated rings. The fourth-order valence-electron chi connectivity index (χ4n) is 1.48. The van der Waals surface area contributed by atoms with Crippen LogP contribution in [-0.2, 0) is 0 Å². The highest BCUT2D eigenvalue weighted by atomic mass is 14.5. The number of allylic oxidation sites excluding steroid dienone is 2. The van der Waals surface area contributed by atoms with Crippen molar-refractivity contribution in [1.82, 2.24) is 0 Å². The van der Waals surface area contributed by atoms with Crippen LogP contribution in [0, 0.1) is 34.0 Å². The fraction of sp³-hybridized carbons (Fsp3) is 0.600. The normalized spacial score (nSPS) is 18.2. The van der Waals surface area contributed by atoms with Crippen LogP contribution in [0.3, 0.4) is 0 Å². The van der Waals surface area contributed by atoms with Gasteiger partial charge in [-0.15, -0.1) is 0 Å². The molecule has 62 valence electrons. The molecule has 0 amide bonds. The quantitative estimate of drug-likeness (QED) is 0.582. The van der Waals surface area contributed by atoms with Gasteiger partial charge >= 0.3 is 0 Å². The number of hydrogen-bond donors (Lipinski definition) is 0. The van der Waals surface area contributed by atoms with Gasteiger partial charge in [0.25, 0.3) is 0 Å². The molecule has 2 nitrogen and oxygen atoms in total. The summed E-state index contributed by atoms with van der Waals surface area (Å²) < 4.78 is 0. The molecule has 0 atom stereocenters. The summed E-state index contributed by atoms with van der Waals surface area (Å²) in [6.07, 6.45) is 4.20. The summed E-state index contributed by atoms with van der Waals surface area (Å²) in [5, 5.41) is 17.7. The van der Waals surface area contributed by atoms with Crippen molar-refractivity contribution < 1.29 is 0 Å². The van der Waals surface area contributed by atoms with E-state index in [-0.39, 0.29) is 0 Å². The van der Waals surface area contributed by atoms with Crippen LogP contribution in [0.2, 0.25) is 0 Å². The first-order valence-electron chi connectivity index (χ1n) is 4.17. The SMILES string of the molecule is C/C=C(\C1CC1)C(C)(C#N)C#N. The minimum Gasteiger partial charge on any atom is -0.196 e. The maximum Gasteiger partial charge on any atom is 0.162 e. The first-order chi connectivity index (χ1) is 5.68. The van der Waals surface area contributed by atoms with E-state index in [1.54, 1.807) is 6.92 Å². The Hall–Kier alpha value is -1.28. The molecular formula is C10H12N2. The lowest BCUT2D eigenvalue weighted by Gasteiger charge is -2.15. The minimum atomic E-state index is -0.893. The molecule has 0 unspecified atom stereocenters. The van der Waals surface area contributed by atoms with E-state index in [2.05, 4.69) is 12.1 Å². The Labute approximate surface area is 73.1 Å². The van der Waals surface area contributed by atoms with E-state index in [0.29, 0.717) is 5.92 Å². The van der Waals surface area contributed by atoms with Gasteiger partial charge in [-0.1, -0.05) is 6.08 Å². The van der Waals surface area contributed by atoms with Crippen LogP contribution in [0.25, 0.3) is 0 Å². The largest absolute Gasteiger partial charge is 0.196 e. The smallest absolute Gasteiger partial charge is 0.162 e. The third-order valence-corrected chi connectivity index (χ3v) is 2.35. The summed E-state index contributed by atoms with van der Waals surface area (Å²) in [7, 11) is 0. The van der Waals surface area contributed by atoms with Gasteiger partial charge in [0.05, 0.1) is 12.1 Å². The highest BCUT2D eigenvalue weighted by Gasteiger charge is 2.38. The van der Waals surface area contributed by atoms with Crippen molar-refractivity contribution in [2.45, 2.75) is 26.7 Å². The highest BCUT2D eigenvalue weighted by Crippen LogP contribution is 2.44. The number of nitriles is 2. The van der Waals surface area contributed by atoms with Crippen LogP contribution >= 0.6 is 0 Å². The first kappa shape index (κ1) is 8.81. The van der Waals surface area contributed by atoms with Crippen LogP contribution in [0.15, 0.2) is 11.6 Å². The summed E-state index contributed by atoms with van der Waals surface area (Å²) >= 11 is 0. The van der Waals surface area contributed by atoms with Crippen molar-refractivity contribution in [3.8, 4) is 12.1 Å². The van der Waals surface area contributed by atoms with E-state index in [9.17, 15) is 0 Å². The van der Waals surface area contributed by atoms with Crippen molar-refractivity contribution in [2.75, 3.05) is 0 Å². The molecule has 0 aromatic carbocycles. The molecule has 0 spiro atoms. The summed E-state index contributed by atoms with van der Waals surface area (Å²) in [5.74, 6) is 0.499. The standard InChI is InChI=1S/C10H12N2/c1-3-9(8-4-5-8)10(2,6-11)7-12/h3,8H,4-5H2,1-2H3/b9-3+. The zero-order valence-electron chi connectivity index (χ0n) is 7.46. The van der Waals surface area contributed by atoms with Crippen molar-refractivity contribution in [1.29, 1.82) is 10.5 Å². The number of hydrogen-bond acceptors (Lipinski definition) is 2. The molecule has 1 saturated carbocycles. The summed E-state index contributed by atoms with van der Waals surface area (Å²) in [6.45, 7) is 3.60. The van der Waals surface area contributed by atoms with Gasteiger partial charge in [-0.2, -0.15) is 10.5 Å². The van der Waals surface area contributed by atoms with E-state index in [1.165, 1.54) is 0 Å². The molecule has 0 radical (unpaired) electrons. The maximum absolute atomic E-state index is 8.85. The molecule has 0 N–H and O–H groups in total. The van der Waals surface area contributed by atoms with Gasteiger partial charge in [0.2, 0.25) is 0 Å². The Morgan fingerprint density at radius 3 is 2.17 bits per heavy atom. The molecule has 1 aliphatic carbocycles. The molecule has 0 aliphatic heterocycles. The highest BCUT2D eigenvalue weighted by molar-refractivity contribution is 5.34. The molecule has 0 saturated heterocycles. The molecule has 1 aliphatic rings. The molecular weight excluding hydrogens is 148 g/mol. The molecule has 0 bridgehead atoms. The van der Waals surface area contributed by atoms with Crippen molar-refractivity contribution in [3.63, 3.8) is 0 Å². The van der Waals surface area contributed by atoms with Gasteiger partial charge in [0.15, 0.2) is 5.41 Å². The van der Waals surface area contributed by atoms with E-state index >= 15 is 0 Å². The zero-order chi connectivity index (χ0) is 9.19. The molecule has 0 aromatic heterocycles. The lowest BCUT2D eigenvalue weighted by Crippen LogP contribution is -2.15. The van der Waals surface area contributed by atoms with Crippen LogP contribution in [0.1, 0.15) is 26.7 Å². The van der Waals surface area contributed by atoms with Crippen LogP contribution < -0.4 is 0 Å². The maximum atomic E-state index is 8.85. The Bertz CT molecular complexity index is 270. The van der Waals surface area contributed by atoms with Crippen molar-refractivity contribution >= 4 is 0 Å². The van der Waals surface area contributed by atoms with Crippen molar-refractivity contribution in [2.24, 2.45) is 11.3 Å². The topological polar surface area (TPSA) is 47.6 Å². The monoisotopic (exact) mass is 160 g/mol. The third-order valence-electron chi connectivity index (χ3n) is 2.35. The van der Waals surface area contributed by atoms with E-state index in [4.69, 9.17) is 10.5 Å². The summed E-state index contributed by atoms with van der Waals surface area (Å²) in [5.41, 5.74) is 0.114. The lowest BCUT2D eigenvalue weighted by molar-refractivity contribution is 0.643. The van der Waals surface area contributed by atoms with Crippen LogP contribution in [-0.4, -0.2) is 0 Å². The first-order valence-corrected chi connectivity index (χ1v) is 4.17. The Morgan fingerprint density at radius 1 is 1.42 bits per heavy atom. The second kappa shape index (κ2) is 2.99. The van der Waals surface area contributed by atoms with Crippen LogP contribution in [0.5, 0.6) is 0 Å². The average molecular weight is 160 g/mol. The minimum absolute atomic E-state index is 0.499. The molecule has 12 heavy (non-hydrogen) atoms. The summed E-state index contributed by atoms with van der Waals surface area (Å²) in [6, 6.07) is 4.14. The number of nitrogens with zero attached hydrogens (tertiary/aromatic N) is 2. The molecule has 2 heteroatoms. The predicted molar refractivity (Wildman–Crippen MR) is 45.8 cm³/mol. The lowest BCUT2D eigenvalue weighted by atomic mass is 9.82.